The smallest absolute Gasteiger partial charge is 1.00 e. The first-order chi connectivity index (χ1) is 4.30. The molecule has 2 nitrogen and oxygen atoms in total. The molecule has 44 valence electrons. The summed E-state index contributed by atoms with van der Waals surface area (Å²) in [5.74, 6) is 1.74. The van der Waals surface area contributed by atoms with Crippen molar-refractivity contribution in [3.63, 3.8) is 0 Å². The molecular formula is C5H4BNaO2Si. The van der Waals surface area contributed by atoms with Gasteiger partial charge in [0.1, 0.15) is 0 Å². The molecule has 0 spiro atoms. The van der Waals surface area contributed by atoms with Crippen molar-refractivity contribution in [1.29, 1.82) is 0 Å². The molecule has 0 N–H and O–H groups in total. The summed E-state index contributed by atoms with van der Waals surface area (Å²) >= 11 is 0. The summed E-state index contributed by atoms with van der Waals surface area (Å²) < 4.78 is 0. The Morgan fingerprint density at radius 2 is 2.20 bits per heavy atom. The van der Waals surface area contributed by atoms with Gasteiger partial charge in [0.25, 0.3) is 0 Å². The van der Waals surface area contributed by atoms with Crippen LogP contribution >= 0.6 is 0 Å². The monoisotopic (exact) mass is 158 g/mol. The van der Waals surface area contributed by atoms with Gasteiger partial charge in [0.2, 0.25) is 0 Å². The van der Waals surface area contributed by atoms with Crippen LogP contribution in [0.15, 0.2) is 23.8 Å². The first-order valence-corrected chi connectivity index (χ1v) is 4.22. The van der Waals surface area contributed by atoms with Gasteiger partial charge in [-0.3, -0.25) is 0 Å². The number of hydrogen-bond donors (Lipinski definition) is 0. The van der Waals surface area contributed by atoms with Crippen LogP contribution in [0, 0.1) is 0 Å². The Balaban J connectivity index is 0.000000810. The second kappa shape index (κ2) is 4.96. The number of carbonyl (C=O) groups is 1. The van der Waals surface area contributed by atoms with Gasteiger partial charge in [0.15, 0.2) is 0 Å². The Hall–Kier alpha value is 0.232. The van der Waals surface area contributed by atoms with Crippen LogP contribution in [0.3, 0.4) is 0 Å². The minimum atomic E-state index is -1.45. The predicted octanol–water partition coefficient (Wildman–Crippen LogP) is -3.75. The van der Waals surface area contributed by atoms with Gasteiger partial charge in [0, 0.05) is 0 Å². The van der Waals surface area contributed by atoms with Gasteiger partial charge in [-0.05, 0) is 0 Å². The molecular weight excluding hydrogens is 154 g/mol. The van der Waals surface area contributed by atoms with Gasteiger partial charge < -0.3 is 0 Å². The molecule has 0 saturated heterocycles. The fraction of sp³-hybridized carbons (Fsp3) is 0. The Morgan fingerprint density at radius 3 is 2.50 bits per heavy atom. The summed E-state index contributed by atoms with van der Waals surface area (Å²) in [7, 11) is -1.45. The van der Waals surface area contributed by atoms with Crippen molar-refractivity contribution in [1.82, 2.24) is 0 Å². The van der Waals surface area contributed by atoms with Crippen LogP contribution in [-0.4, -0.2) is 20.3 Å². The summed E-state index contributed by atoms with van der Waals surface area (Å²) in [6, 6.07) is 3.54. The molecule has 0 radical (unpaired) electrons. The summed E-state index contributed by atoms with van der Waals surface area (Å²) in [6.45, 7) is 1.68. The molecule has 5 heteroatoms. The predicted molar refractivity (Wildman–Crippen MR) is 34.5 cm³/mol. The van der Waals surface area contributed by atoms with Crippen LogP contribution in [0.25, 0.3) is 0 Å². The van der Waals surface area contributed by atoms with E-state index in [0.29, 0.717) is 0 Å². The fourth-order valence-electron chi connectivity index (χ4n) is 0.574. The van der Waals surface area contributed by atoms with Crippen molar-refractivity contribution in [2.75, 3.05) is 0 Å². The molecule has 1 rings (SSSR count). The Bertz CT molecular complexity index is 216. The van der Waals surface area contributed by atoms with Crippen molar-refractivity contribution in [2.45, 2.75) is 0 Å². The summed E-state index contributed by atoms with van der Waals surface area (Å²) in [6.07, 6.45) is 0. The summed E-state index contributed by atoms with van der Waals surface area (Å²) in [5.41, 5.74) is 0.737. The van der Waals surface area contributed by atoms with Gasteiger partial charge in [-0.1, -0.05) is 0 Å². The maximum Gasteiger partial charge on any atom is 1.00 e. The van der Waals surface area contributed by atoms with Crippen LogP contribution in [0.4, 0.5) is 4.79 Å². The van der Waals surface area contributed by atoms with E-state index in [1.807, 2.05) is 0 Å². The van der Waals surface area contributed by atoms with E-state index >= 15 is 0 Å². The molecule has 0 unspecified atom stereocenters. The van der Waals surface area contributed by atoms with E-state index in [1.54, 1.807) is 30.3 Å². The Morgan fingerprint density at radius 1 is 1.50 bits per heavy atom. The third kappa shape index (κ3) is 2.88. The third-order valence-electron chi connectivity index (χ3n) is 1.01. The maximum absolute atomic E-state index is 10.2. The van der Waals surface area contributed by atoms with E-state index < -0.39 is 13.9 Å². The average molecular weight is 158 g/mol. The van der Waals surface area contributed by atoms with Gasteiger partial charge in [-0.25, -0.2) is 0 Å². The summed E-state index contributed by atoms with van der Waals surface area (Å²) in [5, 5.41) is 10.2. The molecule has 0 aliphatic heterocycles. The molecule has 0 aromatic carbocycles. The van der Waals surface area contributed by atoms with E-state index in [2.05, 4.69) is 0 Å². The first kappa shape index (κ1) is 10.2. The molecule has 0 saturated carbocycles. The molecule has 0 atom stereocenters. The molecule has 0 fully saturated rings. The molecule has 0 bridgehead atoms. The quantitative estimate of drug-likeness (QED) is 0.394. The van der Waals surface area contributed by atoms with Gasteiger partial charge in [0.05, 0.1) is 0 Å². The van der Waals surface area contributed by atoms with Crippen molar-refractivity contribution < 1.29 is 39.5 Å². The van der Waals surface area contributed by atoms with Gasteiger partial charge in [-0.2, -0.15) is 0 Å². The average Bonchev–Trinajstić information content (AvgIpc) is 1.90. The van der Waals surface area contributed by atoms with Crippen LogP contribution in [0.1, 0.15) is 0 Å². The van der Waals surface area contributed by atoms with E-state index in [-0.39, 0.29) is 29.6 Å². The zero-order valence-corrected chi connectivity index (χ0v) is 8.70. The van der Waals surface area contributed by atoms with Crippen molar-refractivity contribution in [2.24, 2.45) is 0 Å². The molecule has 0 aliphatic carbocycles. The molecule has 1 aromatic heterocycles. The zero-order chi connectivity index (χ0) is 6.69. The number of carboxylic acid groups (broad SMARTS) is 1. The van der Waals surface area contributed by atoms with Gasteiger partial charge >= 0.3 is 83.6 Å². The van der Waals surface area contributed by atoms with Crippen molar-refractivity contribution in [3.05, 3.63) is 23.8 Å². The number of carbonyl (C=O) groups excluding carboxylic acids is 1. The Kier molecular flexibility index (Phi) is 5.07. The number of rotatable bonds is 1. The van der Waals surface area contributed by atoms with E-state index in [4.69, 9.17) is 0 Å². The van der Waals surface area contributed by atoms with Crippen LogP contribution in [0.2, 0.25) is 0 Å². The summed E-state index contributed by atoms with van der Waals surface area (Å²) in [4.78, 5) is 10.2. The SMILES string of the molecule is O=C([O-])[si]1bcccc1.[Na+]. The van der Waals surface area contributed by atoms with Crippen LogP contribution in [0.5, 0.6) is 0 Å². The molecule has 0 amide bonds. The second-order valence-electron chi connectivity index (χ2n) is 1.65. The fourth-order valence-corrected chi connectivity index (χ4v) is 1.59. The molecule has 1 aromatic rings. The zero-order valence-electron chi connectivity index (χ0n) is 5.70. The molecule has 10 heavy (non-hydrogen) atoms. The van der Waals surface area contributed by atoms with Gasteiger partial charge in [-0.15, -0.1) is 0 Å². The minimum absolute atomic E-state index is 0. The normalized spacial score (nSPS) is 7.60. The Labute approximate surface area is 83.2 Å². The van der Waals surface area contributed by atoms with Crippen LogP contribution < -0.4 is 34.7 Å². The minimum Gasteiger partial charge on any atom is 1.00 e. The molecule has 1 heterocycles. The van der Waals surface area contributed by atoms with Crippen molar-refractivity contribution in [3.8, 4) is 0 Å². The standard InChI is InChI=1S/C5H5BO2Si.Na/c7-5(8)9-4-2-1-3-6-9;/h1-4H,(H,7,8);/q;+1/p-1. The number of hydrogen-bond acceptors (Lipinski definition) is 2. The topological polar surface area (TPSA) is 40.1 Å². The largest absolute Gasteiger partial charge is 1.00 e. The second-order valence-corrected chi connectivity index (χ2v) is 3.64. The van der Waals surface area contributed by atoms with E-state index in [1.165, 1.54) is 0 Å². The van der Waals surface area contributed by atoms with E-state index in [9.17, 15) is 9.90 Å². The van der Waals surface area contributed by atoms with Crippen molar-refractivity contribution >= 4 is 20.3 Å². The first-order valence-electron chi connectivity index (χ1n) is 2.57. The maximum atomic E-state index is 10.2. The third-order valence-corrected chi connectivity index (χ3v) is 2.58. The van der Waals surface area contributed by atoms with Crippen LogP contribution in [-0.2, 0) is 0 Å². The molecule has 0 aliphatic rings. The van der Waals surface area contributed by atoms with E-state index in [0.717, 1.165) is 0 Å².